The van der Waals surface area contributed by atoms with E-state index in [0.29, 0.717) is 15.6 Å². The zero-order chi connectivity index (χ0) is 10.3. The molecule has 72 valence electrons. The van der Waals surface area contributed by atoms with Crippen molar-refractivity contribution >= 4 is 26.8 Å². The van der Waals surface area contributed by atoms with Crippen molar-refractivity contribution < 1.29 is 5.11 Å². The Labute approximate surface area is 88.0 Å². The molecule has 0 fully saturated rings. The van der Waals surface area contributed by atoms with Crippen LogP contribution in [0.1, 0.15) is 0 Å². The molecule has 0 aliphatic rings. The Morgan fingerprint density at radius 2 is 2.21 bits per heavy atom. The molecule has 0 bridgehead atoms. The van der Waals surface area contributed by atoms with Crippen LogP contribution in [-0.2, 0) is 7.05 Å². The van der Waals surface area contributed by atoms with E-state index in [9.17, 15) is 9.90 Å². The molecule has 0 spiro atoms. The van der Waals surface area contributed by atoms with E-state index in [1.807, 2.05) is 0 Å². The molecule has 1 aromatic carbocycles. The summed E-state index contributed by atoms with van der Waals surface area (Å²) in [5, 5.41) is 9.71. The summed E-state index contributed by atoms with van der Waals surface area (Å²) in [6.45, 7) is 0. The maximum absolute atomic E-state index is 11.7. The van der Waals surface area contributed by atoms with Gasteiger partial charge in [-0.25, -0.2) is 4.98 Å². The molecule has 5 heteroatoms. The molecule has 0 radical (unpaired) electrons. The topological polar surface area (TPSA) is 55.1 Å². The third-order valence-electron chi connectivity index (χ3n) is 2.01. The summed E-state index contributed by atoms with van der Waals surface area (Å²) < 4.78 is 1.85. The Bertz CT molecular complexity index is 562. The molecule has 2 aromatic rings. The number of hydrogen-bond donors (Lipinski definition) is 1. The van der Waals surface area contributed by atoms with Crippen LogP contribution in [0.2, 0.25) is 0 Å². The average molecular weight is 255 g/mol. The predicted molar refractivity (Wildman–Crippen MR) is 56.3 cm³/mol. The number of rotatable bonds is 0. The summed E-state index contributed by atoms with van der Waals surface area (Å²) >= 11 is 3.16. The van der Waals surface area contributed by atoms with Crippen molar-refractivity contribution in [3.8, 4) is 5.75 Å². The van der Waals surface area contributed by atoms with Gasteiger partial charge in [-0.1, -0.05) is 0 Å². The highest BCUT2D eigenvalue weighted by Crippen LogP contribution is 2.16. The van der Waals surface area contributed by atoms with Gasteiger partial charge in [0.05, 0.1) is 10.9 Å². The first-order chi connectivity index (χ1) is 6.59. The number of phenolic OH excluding ortho intramolecular Hbond substituents is 1. The normalized spacial score (nSPS) is 10.7. The van der Waals surface area contributed by atoms with Crippen LogP contribution < -0.4 is 5.56 Å². The summed E-state index contributed by atoms with van der Waals surface area (Å²) in [7, 11) is 1.63. The summed E-state index contributed by atoms with van der Waals surface area (Å²) in [4.78, 5) is 15.8. The van der Waals surface area contributed by atoms with Crippen LogP contribution in [0.5, 0.6) is 5.75 Å². The van der Waals surface area contributed by atoms with Crippen molar-refractivity contribution in [3.63, 3.8) is 0 Å². The van der Waals surface area contributed by atoms with Crippen molar-refractivity contribution in [1.82, 2.24) is 9.55 Å². The highest BCUT2D eigenvalue weighted by atomic mass is 79.9. The minimum absolute atomic E-state index is 0.102. The van der Waals surface area contributed by atoms with E-state index in [-0.39, 0.29) is 11.3 Å². The number of aromatic hydroxyl groups is 1. The largest absolute Gasteiger partial charge is 0.508 e. The Hall–Kier alpha value is -1.36. The van der Waals surface area contributed by atoms with Gasteiger partial charge >= 0.3 is 0 Å². The smallest absolute Gasteiger partial charge is 0.261 e. The van der Waals surface area contributed by atoms with Gasteiger partial charge in [-0.3, -0.25) is 9.36 Å². The molecule has 2 rings (SSSR count). The lowest BCUT2D eigenvalue weighted by Gasteiger charge is -2.03. The number of phenols is 1. The minimum Gasteiger partial charge on any atom is -0.508 e. The monoisotopic (exact) mass is 254 g/mol. The maximum Gasteiger partial charge on any atom is 0.261 e. The van der Waals surface area contributed by atoms with E-state index < -0.39 is 0 Å². The fraction of sp³-hybridized carbons (Fsp3) is 0.111. The summed E-state index contributed by atoms with van der Waals surface area (Å²) in [6.07, 6.45) is 0. The van der Waals surface area contributed by atoms with Crippen LogP contribution in [0.4, 0.5) is 0 Å². The quantitative estimate of drug-likeness (QED) is 0.724. The van der Waals surface area contributed by atoms with Gasteiger partial charge in [0, 0.05) is 13.1 Å². The van der Waals surface area contributed by atoms with Gasteiger partial charge < -0.3 is 5.11 Å². The lowest BCUT2D eigenvalue weighted by atomic mass is 10.2. The molecule has 0 amide bonds. The number of nitrogens with zero attached hydrogens (tertiary/aromatic N) is 2. The van der Waals surface area contributed by atoms with Gasteiger partial charge in [0.1, 0.15) is 5.75 Å². The zero-order valence-corrected chi connectivity index (χ0v) is 8.95. The van der Waals surface area contributed by atoms with E-state index in [1.54, 1.807) is 13.1 Å². The number of fused-ring (bicyclic) bond motifs is 1. The molecule has 14 heavy (non-hydrogen) atoms. The van der Waals surface area contributed by atoms with E-state index in [0.717, 1.165) is 0 Å². The van der Waals surface area contributed by atoms with E-state index >= 15 is 0 Å². The fourth-order valence-electron chi connectivity index (χ4n) is 1.23. The van der Waals surface area contributed by atoms with Crippen LogP contribution in [0.25, 0.3) is 10.9 Å². The molecule has 1 aromatic heterocycles. The zero-order valence-electron chi connectivity index (χ0n) is 7.36. The van der Waals surface area contributed by atoms with Crippen LogP contribution >= 0.6 is 15.9 Å². The van der Waals surface area contributed by atoms with Crippen molar-refractivity contribution in [1.29, 1.82) is 0 Å². The van der Waals surface area contributed by atoms with Crippen LogP contribution in [0.3, 0.4) is 0 Å². The lowest BCUT2D eigenvalue weighted by Crippen LogP contribution is -2.18. The van der Waals surface area contributed by atoms with E-state index in [1.165, 1.54) is 16.7 Å². The summed E-state index contributed by atoms with van der Waals surface area (Å²) in [5.41, 5.74) is 0.349. The number of benzene rings is 1. The third kappa shape index (κ3) is 1.29. The first-order valence-electron chi connectivity index (χ1n) is 3.95. The van der Waals surface area contributed by atoms with Gasteiger partial charge in [-0.15, -0.1) is 0 Å². The molecular weight excluding hydrogens is 248 g/mol. The molecule has 1 heterocycles. The highest BCUT2D eigenvalue weighted by molar-refractivity contribution is 9.10. The number of aromatic nitrogens is 2. The van der Waals surface area contributed by atoms with Gasteiger partial charge in [0.2, 0.25) is 0 Å². The Kier molecular flexibility index (Phi) is 2.03. The van der Waals surface area contributed by atoms with Crippen molar-refractivity contribution in [2.75, 3.05) is 0 Å². The third-order valence-corrected chi connectivity index (χ3v) is 2.72. The minimum atomic E-state index is -0.137. The van der Waals surface area contributed by atoms with Gasteiger partial charge in [-0.2, -0.15) is 0 Å². The second-order valence-corrected chi connectivity index (χ2v) is 3.66. The van der Waals surface area contributed by atoms with Crippen LogP contribution in [0, 0.1) is 0 Å². The first kappa shape index (κ1) is 9.21. The Morgan fingerprint density at radius 3 is 2.93 bits per heavy atom. The Morgan fingerprint density at radius 1 is 1.50 bits per heavy atom. The highest BCUT2D eigenvalue weighted by Gasteiger charge is 2.05. The second-order valence-electron chi connectivity index (χ2n) is 2.95. The molecule has 0 saturated heterocycles. The number of halogens is 1. The Balaban J connectivity index is 2.98. The predicted octanol–water partition coefficient (Wildman–Crippen LogP) is 1.40. The standard InChI is InChI=1S/C9H7BrN2O2/c1-12-8(14)6-3-2-5(13)4-7(6)11-9(12)10/h2-4,13H,1H3. The lowest BCUT2D eigenvalue weighted by molar-refractivity contribution is 0.476. The SMILES string of the molecule is Cn1c(Br)nc2cc(O)ccc2c1=O. The summed E-state index contributed by atoms with van der Waals surface area (Å²) in [5.74, 6) is 0.102. The molecule has 0 unspecified atom stereocenters. The molecule has 0 saturated carbocycles. The molecule has 0 atom stereocenters. The molecule has 0 aliphatic heterocycles. The maximum atomic E-state index is 11.7. The summed E-state index contributed by atoms with van der Waals surface area (Å²) in [6, 6.07) is 4.49. The molecule has 0 aliphatic carbocycles. The molecule has 1 N–H and O–H groups in total. The van der Waals surface area contributed by atoms with Gasteiger partial charge in [0.15, 0.2) is 4.73 Å². The van der Waals surface area contributed by atoms with Crippen LogP contribution in [0.15, 0.2) is 27.7 Å². The van der Waals surface area contributed by atoms with Crippen molar-refractivity contribution in [2.24, 2.45) is 7.05 Å². The van der Waals surface area contributed by atoms with Gasteiger partial charge in [0.25, 0.3) is 5.56 Å². The van der Waals surface area contributed by atoms with Crippen molar-refractivity contribution in [2.45, 2.75) is 0 Å². The van der Waals surface area contributed by atoms with E-state index in [4.69, 9.17) is 0 Å². The first-order valence-corrected chi connectivity index (χ1v) is 4.74. The molecular formula is C9H7BrN2O2. The fourth-order valence-corrected chi connectivity index (χ4v) is 1.58. The number of hydrogen-bond acceptors (Lipinski definition) is 3. The van der Waals surface area contributed by atoms with E-state index in [2.05, 4.69) is 20.9 Å². The van der Waals surface area contributed by atoms with Gasteiger partial charge in [-0.05, 0) is 28.1 Å². The average Bonchev–Trinajstić information content (AvgIpc) is 2.14. The van der Waals surface area contributed by atoms with Crippen LogP contribution in [-0.4, -0.2) is 14.7 Å². The molecule has 4 nitrogen and oxygen atoms in total. The van der Waals surface area contributed by atoms with Crippen molar-refractivity contribution in [3.05, 3.63) is 33.3 Å². The second kappa shape index (κ2) is 3.09.